The molecular weight excluding hydrogens is 504 g/mol. The molecule has 15 heteroatoms. The van der Waals surface area contributed by atoms with Crippen LogP contribution in [0.3, 0.4) is 0 Å². The molecular formula is C23H23F2N9O4. The normalized spacial score (nSPS) is 12.4. The zero-order valence-electron chi connectivity index (χ0n) is 20.8. The lowest BCUT2D eigenvalue weighted by molar-refractivity contribution is -0.121. The molecule has 1 atom stereocenters. The smallest absolute Gasteiger partial charge is 0.332 e. The number of alkyl halides is 2. The van der Waals surface area contributed by atoms with E-state index >= 15 is 0 Å². The molecule has 0 saturated heterocycles. The first-order valence-corrected chi connectivity index (χ1v) is 11.3. The van der Waals surface area contributed by atoms with Gasteiger partial charge in [0.15, 0.2) is 17.0 Å². The Morgan fingerprint density at radius 1 is 1.13 bits per heavy atom. The van der Waals surface area contributed by atoms with Crippen molar-refractivity contribution in [2.24, 2.45) is 7.05 Å². The third-order valence-electron chi connectivity index (χ3n) is 5.78. The molecule has 38 heavy (non-hydrogen) atoms. The third-order valence-corrected chi connectivity index (χ3v) is 5.78. The quantitative estimate of drug-likeness (QED) is 0.357. The fraction of sp³-hybridized carbons (Fsp3) is 0.304. The van der Waals surface area contributed by atoms with Crippen LogP contribution in [0.25, 0.3) is 22.4 Å². The van der Waals surface area contributed by atoms with Gasteiger partial charge in [-0.1, -0.05) is 6.07 Å². The Hall–Kier alpha value is -4.82. The summed E-state index contributed by atoms with van der Waals surface area (Å²) in [5.74, 6) is -4.77. The van der Waals surface area contributed by atoms with Gasteiger partial charge in [0.05, 0.1) is 12.0 Å². The molecule has 0 saturated carbocycles. The summed E-state index contributed by atoms with van der Waals surface area (Å²) in [4.78, 5) is 66.4. The van der Waals surface area contributed by atoms with E-state index in [2.05, 4.69) is 30.6 Å². The highest BCUT2D eigenvalue weighted by atomic mass is 19.3. The molecule has 0 aliphatic rings. The summed E-state index contributed by atoms with van der Waals surface area (Å²) < 4.78 is 30.0. The number of pyridine rings is 1. The van der Waals surface area contributed by atoms with Crippen LogP contribution in [0.2, 0.25) is 0 Å². The molecule has 198 valence electrons. The van der Waals surface area contributed by atoms with Gasteiger partial charge in [-0.25, -0.2) is 29.3 Å². The van der Waals surface area contributed by atoms with Crippen LogP contribution in [0.5, 0.6) is 0 Å². The summed E-state index contributed by atoms with van der Waals surface area (Å²) in [5.41, 5.74) is -0.791. The Kier molecular flexibility index (Phi) is 6.85. The summed E-state index contributed by atoms with van der Waals surface area (Å²) in [6.45, 7) is 1.71. The van der Waals surface area contributed by atoms with E-state index in [4.69, 9.17) is 0 Å². The van der Waals surface area contributed by atoms with Crippen LogP contribution in [-0.4, -0.2) is 52.5 Å². The number of halogens is 2. The molecule has 0 aliphatic heterocycles. The van der Waals surface area contributed by atoms with Gasteiger partial charge in [0.1, 0.15) is 18.4 Å². The van der Waals surface area contributed by atoms with Gasteiger partial charge < -0.3 is 15.2 Å². The predicted octanol–water partition coefficient (Wildman–Crippen LogP) is 0.806. The Morgan fingerprint density at radius 3 is 2.45 bits per heavy atom. The molecule has 0 radical (unpaired) electrons. The maximum atomic E-state index is 13.4. The van der Waals surface area contributed by atoms with E-state index in [1.807, 2.05) is 0 Å². The van der Waals surface area contributed by atoms with Crippen molar-refractivity contribution in [1.29, 1.82) is 0 Å². The fourth-order valence-corrected chi connectivity index (χ4v) is 3.65. The Morgan fingerprint density at radius 2 is 1.82 bits per heavy atom. The third kappa shape index (κ3) is 4.89. The number of aromatic nitrogens is 7. The molecule has 0 aromatic carbocycles. The molecule has 0 spiro atoms. The number of likely N-dealkylation sites (N-methyl/N-ethyl adjacent to an activating group) is 1. The molecule has 0 unspecified atom stereocenters. The van der Waals surface area contributed by atoms with E-state index in [0.717, 1.165) is 9.13 Å². The van der Waals surface area contributed by atoms with Crippen LogP contribution in [0.4, 0.5) is 14.6 Å². The Bertz CT molecular complexity index is 1650. The average Bonchev–Trinajstić information content (AvgIpc) is 3.34. The molecule has 4 rings (SSSR count). The van der Waals surface area contributed by atoms with Crippen molar-refractivity contribution in [3.63, 3.8) is 0 Å². The summed E-state index contributed by atoms with van der Waals surface area (Å²) in [5, 5.41) is 5.00. The second-order valence-electron chi connectivity index (χ2n) is 8.49. The molecule has 0 bridgehead atoms. The van der Waals surface area contributed by atoms with Crippen LogP contribution in [-0.2, 0) is 29.1 Å². The molecule has 4 aromatic heterocycles. The average molecular weight is 527 g/mol. The maximum Gasteiger partial charge on any atom is 0.332 e. The summed E-state index contributed by atoms with van der Waals surface area (Å²) in [6, 6.07) is 3.75. The lowest BCUT2D eigenvalue weighted by Gasteiger charge is -2.15. The fourth-order valence-electron chi connectivity index (χ4n) is 3.65. The Balaban J connectivity index is 1.63. The minimum Gasteiger partial charge on any atom is -0.358 e. The predicted molar refractivity (Wildman–Crippen MR) is 131 cm³/mol. The maximum absolute atomic E-state index is 13.4. The first-order valence-electron chi connectivity index (χ1n) is 11.3. The summed E-state index contributed by atoms with van der Waals surface area (Å²) in [7, 11) is 2.78. The number of imidazole rings is 1. The monoisotopic (exact) mass is 527 g/mol. The van der Waals surface area contributed by atoms with E-state index in [1.54, 1.807) is 12.1 Å². The first-order chi connectivity index (χ1) is 17.9. The zero-order chi connectivity index (χ0) is 27.8. The number of carbonyl (C=O) groups excluding carboxylic acids is 2. The molecule has 13 nitrogen and oxygen atoms in total. The highest BCUT2D eigenvalue weighted by molar-refractivity contribution is 5.93. The molecule has 0 fully saturated rings. The van der Waals surface area contributed by atoms with Gasteiger partial charge in [0, 0.05) is 39.0 Å². The van der Waals surface area contributed by atoms with E-state index in [9.17, 15) is 28.0 Å². The summed E-state index contributed by atoms with van der Waals surface area (Å²) in [6.07, 6.45) is 3.68. The van der Waals surface area contributed by atoms with Gasteiger partial charge in [-0.15, -0.1) is 0 Å². The van der Waals surface area contributed by atoms with Crippen LogP contribution < -0.4 is 21.9 Å². The van der Waals surface area contributed by atoms with Gasteiger partial charge in [-0.05, 0) is 19.1 Å². The van der Waals surface area contributed by atoms with Crippen molar-refractivity contribution in [2.75, 3.05) is 12.4 Å². The number of nitrogens with one attached hydrogen (secondary N) is 2. The number of aryl methyl sites for hydroxylation is 1. The van der Waals surface area contributed by atoms with Gasteiger partial charge >= 0.3 is 11.6 Å². The molecule has 2 N–H and O–H groups in total. The van der Waals surface area contributed by atoms with Gasteiger partial charge in [0.2, 0.25) is 11.8 Å². The second-order valence-corrected chi connectivity index (χ2v) is 8.49. The van der Waals surface area contributed by atoms with Crippen LogP contribution in [0.15, 0.2) is 46.5 Å². The van der Waals surface area contributed by atoms with E-state index in [0.29, 0.717) is 18.2 Å². The topological polar surface area (TPSA) is 159 Å². The van der Waals surface area contributed by atoms with Crippen molar-refractivity contribution < 1.29 is 18.4 Å². The van der Waals surface area contributed by atoms with Crippen molar-refractivity contribution >= 4 is 28.8 Å². The number of hydrogen-bond donors (Lipinski definition) is 2. The van der Waals surface area contributed by atoms with Gasteiger partial charge in [-0.2, -0.15) is 8.78 Å². The van der Waals surface area contributed by atoms with Crippen LogP contribution in [0, 0.1) is 0 Å². The number of amides is 2. The lowest BCUT2D eigenvalue weighted by atomic mass is 10.2. The Labute approximate surface area is 213 Å². The minimum absolute atomic E-state index is 0.0367. The van der Waals surface area contributed by atoms with Crippen molar-refractivity contribution in [3.05, 3.63) is 63.6 Å². The molecule has 2 amide bonds. The number of hydrogen-bond acceptors (Lipinski definition) is 8. The standard InChI is InChI=1S/C23H23F2N9O4/c1-12(34-11-29-18-17(34)20(37)33(10-16(35)26-3)22(38)32(18)4)19(36)31-15-7-5-6-14(30-15)13-8-27-21(28-9-13)23(2,24)25/h5-9,11-12H,10H2,1-4H3,(H,26,35)(H,30,31,36)/t12-/m0/s1. The van der Waals surface area contributed by atoms with Crippen molar-refractivity contribution in [2.45, 2.75) is 32.4 Å². The highest BCUT2D eigenvalue weighted by Crippen LogP contribution is 2.25. The van der Waals surface area contributed by atoms with E-state index in [1.165, 1.54) is 50.4 Å². The van der Waals surface area contributed by atoms with Crippen LogP contribution >= 0.6 is 0 Å². The second kappa shape index (κ2) is 9.91. The largest absolute Gasteiger partial charge is 0.358 e. The molecule has 4 aromatic rings. The number of fused-ring (bicyclic) bond motifs is 1. The SMILES string of the molecule is CNC(=O)Cn1c(=O)c2c(ncn2[C@@H](C)C(=O)Nc2cccc(-c3cnc(C(C)(F)F)nc3)n2)n(C)c1=O. The molecule has 0 aliphatic carbocycles. The van der Waals surface area contributed by atoms with Crippen molar-refractivity contribution in [3.8, 4) is 11.3 Å². The summed E-state index contributed by atoms with van der Waals surface area (Å²) >= 11 is 0. The number of anilines is 1. The lowest BCUT2D eigenvalue weighted by Crippen LogP contribution is -2.43. The first kappa shape index (κ1) is 26.2. The number of carbonyl (C=O) groups is 2. The van der Waals surface area contributed by atoms with E-state index in [-0.39, 0.29) is 17.0 Å². The number of rotatable bonds is 7. The van der Waals surface area contributed by atoms with Crippen LogP contribution in [0.1, 0.15) is 25.7 Å². The number of nitrogens with zero attached hydrogens (tertiary/aromatic N) is 7. The zero-order valence-corrected chi connectivity index (χ0v) is 20.8. The minimum atomic E-state index is -3.19. The highest BCUT2D eigenvalue weighted by Gasteiger charge is 2.28. The van der Waals surface area contributed by atoms with Gasteiger partial charge in [0.25, 0.3) is 5.56 Å². The van der Waals surface area contributed by atoms with Crippen molar-refractivity contribution in [1.82, 2.24) is 39.0 Å². The van der Waals surface area contributed by atoms with Gasteiger partial charge in [-0.3, -0.25) is 19.0 Å². The molecule has 4 heterocycles. The van der Waals surface area contributed by atoms with E-state index < -0.39 is 47.4 Å².